The van der Waals surface area contributed by atoms with Crippen molar-refractivity contribution >= 4 is 11.9 Å². The second kappa shape index (κ2) is 5.21. The first-order chi connectivity index (χ1) is 8.30. The smallest absolute Gasteiger partial charge is 0.339 e. The van der Waals surface area contributed by atoms with Gasteiger partial charge in [0.2, 0.25) is 0 Å². The van der Waals surface area contributed by atoms with Crippen LogP contribution < -0.4 is 5.73 Å². The van der Waals surface area contributed by atoms with Crippen molar-refractivity contribution in [2.75, 3.05) is 7.11 Å². The van der Waals surface area contributed by atoms with Crippen molar-refractivity contribution in [3.8, 4) is 0 Å². The Kier molecular flexibility index (Phi) is 4.11. The number of nitrogens with two attached hydrogens (primary N) is 1. The molecule has 18 heavy (non-hydrogen) atoms. The van der Waals surface area contributed by atoms with Gasteiger partial charge in [0.15, 0.2) is 0 Å². The van der Waals surface area contributed by atoms with E-state index in [2.05, 4.69) is 4.74 Å². The Morgan fingerprint density at radius 2 is 2.00 bits per heavy atom. The van der Waals surface area contributed by atoms with Gasteiger partial charge >= 0.3 is 5.97 Å². The number of ether oxygens (including phenoxy) is 2. The van der Waals surface area contributed by atoms with Gasteiger partial charge in [-0.25, -0.2) is 9.59 Å². The molecule has 5 heteroatoms. The van der Waals surface area contributed by atoms with Crippen molar-refractivity contribution in [3.05, 3.63) is 29.0 Å². The molecule has 0 amide bonds. The van der Waals surface area contributed by atoms with E-state index in [-0.39, 0.29) is 16.8 Å². The highest BCUT2D eigenvalue weighted by molar-refractivity contribution is 5.93. The highest BCUT2D eigenvalue weighted by atomic mass is 16.5. The Bertz CT molecular complexity index is 462. The van der Waals surface area contributed by atoms with Crippen LogP contribution in [0.3, 0.4) is 0 Å². The van der Waals surface area contributed by atoms with E-state index in [9.17, 15) is 9.59 Å². The number of hydrogen-bond acceptors (Lipinski definition) is 5. The Morgan fingerprint density at radius 1 is 1.39 bits per heavy atom. The van der Waals surface area contributed by atoms with Crippen LogP contribution in [0, 0.1) is 0 Å². The second-order valence-corrected chi connectivity index (χ2v) is 4.86. The molecule has 1 aliphatic carbocycles. The number of methoxy groups -OCH3 is 1. The van der Waals surface area contributed by atoms with Crippen LogP contribution in [-0.2, 0) is 19.1 Å². The molecule has 1 unspecified atom stereocenters. The highest BCUT2D eigenvalue weighted by Crippen LogP contribution is 2.26. The van der Waals surface area contributed by atoms with Crippen molar-refractivity contribution in [3.63, 3.8) is 0 Å². The summed E-state index contributed by atoms with van der Waals surface area (Å²) in [5.74, 6) is 1.21. The SMILES string of the molecule is COC(=O)C1=C(N)C(OC(C)(C)C)C(=C=O)C=C1. The molecule has 0 heterocycles. The van der Waals surface area contributed by atoms with E-state index in [4.69, 9.17) is 10.5 Å². The van der Waals surface area contributed by atoms with Crippen LogP contribution in [0.2, 0.25) is 0 Å². The predicted molar refractivity (Wildman–Crippen MR) is 66.2 cm³/mol. The average Bonchev–Trinajstić information content (AvgIpc) is 2.29. The van der Waals surface area contributed by atoms with Gasteiger partial charge < -0.3 is 15.2 Å². The van der Waals surface area contributed by atoms with Crippen LogP contribution in [0.5, 0.6) is 0 Å². The zero-order chi connectivity index (χ0) is 13.9. The van der Waals surface area contributed by atoms with E-state index in [0.717, 1.165) is 0 Å². The molecule has 0 aliphatic heterocycles. The lowest BCUT2D eigenvalue weighted by atomic mass is 9.96. The quantitative estimate of drug-likeness (QED) is 0.582. The minimum atomic E-state index is -0.776. The largest absolute Gasteiger partial charge is 0.465 e. The summed E-state index contributed by atoms with van der Waals surface area (Å²) >= 11 is 0. The summed E-state index contributed by atoms with van der Waals surface area (Å²) in [5, 5.41) is 0. The summed E-state index contributed by atoms with van der Waals surface area (Å²) in [4.78, 5) is 22.4. The van der Waals surface area contributed by atoms with E-state index in [1.54, 1.807) is 5.94 Å². The van der Waals surface area contributed by atoms with Gasteiger partial charge in [0.05, 0.1) is 29.6 Å². The summed E-state index contributed by atoms with van der Waals surface area (Å²) in [6, 6.07) is 0. The first-order valence-corrected chi connectivity index (χ1v) is 5.49. The van der Waals surface area contributed by atoms with Gasteiger partial charge in [0.25, 0.3) is 0 Å². The minimum Gasteiger partial charge on any atom is -0.465 e. The fourth-order valence-corrected chi connectivity index (χ4v) is 1.53. The summed E-state index contributed by atoms with van der Waals surface area (Å²) in [6.45, 7) is 5.50. The van der Waals surface area contributed by atoms with Crippen molar-refractivity contribution in [2.45, 2.75) is 32.5 Å². The lowest BCUT2D eigenvalue weighted by molar-refractivity contribution is -0.136. The molecular weight excluding hydrogens is 234 g/mol. The molecular formula is C13H17NO4. The zero-order valence-corrected chi connectivity index (χ0v) is 10.9. The van der Waals surface area contributed by atoms with Crippen LogP contribution in [-0.4, -0.2) is 30.7 Å². The van der Waals surface area contributed by atoms with Gasteiger partial charge in [0, 0.05) is 0 Å². The van der Waals surface area contributed by atoms with Crippen LogP contribution in [0.4, 0.5) is 0 Å². The molecule has 0 aromatic carbocycles. The maximum Gasteiger partial charge on any atom is 0.339 e. The number of esters is 1. The van der Waals surface area contributed by atoms with E-state index < -0.39 is 17.7 Å². The summed E-state index contributed by atoms with van der Waals surface area (Å²) < 4.78 is 10.3. The maximum absolute atomic E-state index is 11.5. The Morgan fingerprint density at radius 3 is 2.44 bits per heavy atom. The Hall–Kier alpha value is -1.84. The molecule has 1 atom stereocenters. The fraction of sp³-hybridized carbons (Fsp3) is 0.462. The van der Waals surface area contributed by atoms with Gasteiger partial charge in [-0.1, -0.05) is 0 Å². The topological polar surface area (TPSA) is 78.6 Å². The second-order valence-electron chi connectivity index (χ2n) is 4.86. The van der Waals surface area contributed by atoms with Gasteiger partial charge in [-0.3, -0.25) is 0 Å². The molecule has 1 aliphatic rings. The number of hydrogen-bond donors (Lipinski definition) is 1. The maximum atomic E-state index is 11.5. The van der Waals surface area contributed by atoms with E-state index >= 15 is 0 Å². The molecule has 0 saturated carbocycles. The lowest BCUT2D eigenvalue weighted by Gasteiger charge is -2.29. The summed E-state index contributed by atoms with van der Waals surface area (Å²) in [5.41, 5.74) is 5.99. The molecule has 2 N–H and O–H groups in total. The third-order valence-corrected chi connectivity index (χ3v) is 2.30. The van der Waals surface area contributed by atoms with Gasteiger partial charge in [-0.05, 0) is 32.9 Å². The predicted octanol–water partition coefficient (Wildman–Crippen LogP) is 0.884. The average molecular weight is 251 g/mol. The summed E-state index contributed by atoms with van der Waals surface area (Å²) in [6.07, 6.45) is 2.12. The molecule has 0 radical (unpaired) electrons. The van der Waals surface area contributed by atoms with Crippen LogP contribution in [0.15, 0.2) is 29.0 Å². The van der Waals surface area contributed by atoms with E-state index in [1.165, 1.54) is 19.3 Å². The molecule has 0 aromatic heterocycles. The molecule has 0 fully saturated rings. The van der Waals surface area contributed by atoms with Crippen LogP contribution in [0.1, 0.15) is 20.8 Å². The molecule has 0 spiro atoms. The monoisotopic (exact) mass is 251 g/mol. The molecule has 0 bridgehead atoms. The van der Waals surface area contributed by atoms with Gasteiger partial charge in [-0.15, -0.1) is 0 Å². The Balaban J connectivity index is 3.18. The van der Waals surface area contributed by atoms with Crippen LogP contribution in [0.25, 0.3) is 0 Å². The summed E-state index contributed by atoms with van der Waals surface area (Å²) in [7, 11) is 1.27. The number of carbonyl (C=O) groups is 1. The third-order valence-electron chi connectivity index (χ3n) is 2.30. The number of rotatable bonds is 2. The number of carbonyl (C=O) groups excluding carboxylic acids is 2. The molecule has 0 aromatic rings. The first-order valence-electron chi connectivity index (χ1n) is 5.49. The molecule has 1 rings (SSSR count). The van der Waals surface area contributed by atoms with Crippen molar-refractivity contribution in [1.29, 1.82) is 0 Å². The normalized spacial score (nSPS) is 19.8. The van der Waals surface area contributed by atoms with Gasteiger partial charge in [0.1, 0.15) is 12.0 Å². The van der Waals surface area contributed by atoms with Crippen LogP contribution >= 0.6 is 0 Å². The highest BCUT2D eigenvalue weighted by Gasteiger charge is 2.30. The standard InChI is InChI=1S/C13H17NO4/c1-13(2,3)18-11-8(7-15)5-6-9(10(11)14)12(16)17-4/h5-6,11H,14H2,1-4H3. The third kappa shape index (κ3) is 3.09. The lowest BCUT2D eigenvalue weighted by Crippen LogP contribution is -2.35. The fourth-order valence-electron chi connectivity index (χ4n) is 1.53. The first kappa shape index (κ1) is 14.2. The Labute approximate surface area is 106 Å². The van der Waals surface area contributed by atoms with E-state index in [1.807, 2.05) is 20.8 Å². The van der Waals surface area contributed by atoms with Crippen molar-refractivity contribution in [1.82, 2.24) is 0 Å². The van der Waals surface area contributed by atoms with Crippen molar-refractivity contribution < 1.29 is 19.1 Å². The molecule has 5 nitrogen and oxygen atoms in total. The minimum absolute atomic E-state index is 0.164. The molecule has 98 valence electrons. The zero-order valence-electron chi connectivity index (χ0n) is 10.9. The van der Waals surface area contributed by atoms with Gasteiger partial charge in [-0.2, -0.15) is 0 Å². The van der Waals surface area contributed by atoms with E-state index in [0.29, 0.717) is 0 Å². The van der Waals surface area contributed by atoms with Crippen molar-refractivity contribution in [2.24, 2.45) is 5.73 Å². The molecule has 0 saturated heterocycles.